The van der Waals surface area contributed by atoms with Crippen LogP contribution in [0.1, 0.15) is 0 Å². The predicted octanol–water partition coefficient (Wildman–Crippen LogP) is 2.29. The molecule has 1 saturated heterocycles. The first-order valence-electron chi connectivity index (χ1n) is 6.66. The Morgan fingerprint density at radius 1 is 1.10 bits per heavy atom. The molecule has 5 nitrogen and oxygen atoms in total. The minimum Gasteiger partial charge on any atom is -0.396 e. The van der Waals surface area contributed by atoms with Crippen molar-refractivity contribution in [2.24, 2.45) is 0 Å². The molecule has 0 saturated carbocycles. The molecule has 0 aromatic carbocycles. The summed E-state index contributed by atoms with van der Waals surface area (Å²) in [6.45, 7) is 2.83. The van der Waals surface area contributed by atoms with E-state index in [9.17, 15) is 4.39 Å². The van der Waals surface area contributed by atoms with Crippen LogP contribution in [0.3, 0.4) is 0 Å². The molecule has 1 aliphatic rings. The number of hydrogen-bond acceptors (Lipinski definition) is 5. The first-order valence-corrected chi connectivity index (χ1v) is 7.46. The van der Waals surface area contributed by atoms with Gasteiger partial charge in [0.1, 0.15) is 0 Å². The summed E-state index contributed by atoms with van der Waals surface area (Å²) in [6, 6.07) is 5.09. The van der Waals surface area contributed by atoms with E-state index in [4.69, 9.17) is 5.73 Å². The van der Waals surface area contributed by atoms with Gasteiger partial charge in [0.25, 0.3) is 0 Å². The van der Waals surface area contributed by atoms with Crippen molar-refractivity contribution in [3.05, 3.63) is 40.9 Å². The Morgan fingerprint density at radius 2 is 1.76 bits per heavy atom. The molecule has 0 bridgehead atoms. The van der Waals surface area contributed by atoms with Gasteiger partial charge in [-0.1, -0.05) is 0 Å². The highest BCUT2D eigenvalue weighted by atomic mass is 79.9. The van der Waals surface area contributed by atoms with Crippen LogP contribution in [0.15, 0.2) is 35.1 Å². The van der Waals surface area contributed by atoms with Crippen molar-refractivity contribution in [2.75, 3.05) is 41.7 Å². The largest absolute Gasteiger partial charge is 0.396 e. The summed E-state index contributed by atoms with van der Waals surface area (Å²) in [4.78, 5) is 12.5. The third kappa shape index (κ3) is 2.92. The van der Waals surface area contributed by atoms with Gasteiger partial charge in [-0.15, -0.1) is 0 Å². The average molecular weight is 352 g/mol. The molecule has 3 heterocycles. The van der Waals surface area contributed by atoms with E-state index in [1.807, 2.05) is 17.0 Å². The zero-order chi connectivity index (χ0) is 14.8. The van der Waals surface area contributed by atoms with Crippen molar-refractivity contribution >= 4 is 33.3 Å². The van der Waals surface area contributed by atoms with Crippen molar-refractivity contribution in [3.8, 4) is 0 Å². The maximum Gasteiger partial charge on any atom is 0.166 e. The van der Waals surface area contributed by atoms with Crippen molar-refractivity contribution in [3.63, 3.8) is 0 Å². The topological polar surface area (TPSA) is 58.3 Å². The summed E-state index contributed by atoms with van der Waals surface area (Å²) in [5.74, 6) is 0.878. The number of nitrogen functional groups attached to an aromatic ring is 1. The average Bonchev–Trinajstić information content (AvgIpc) is 2.48. The molecule has 0 amide bonds. The van der Waals surface area contributed by atoms with Crippen LogP contribution in [0.5, 0.6) is 0 Å². The monoisotopic (exact) mass is 351 g/mol. The lowest BCUT2D eigenvalue weighted by Crippen LogP contribution is -2.47. The summed E-state index contributed by atoms with van der Waals surface area (Å²) >= 11 is 3.22. The molecule has 2 N–H and O–H groups in total. The number of nitrogens with zero attached hydrogens (tertiary/aromatic N) is 4. The van der Waals surface area contributed by atoms with E-state index in [0.29, 0.717) is 29.1 Å². The van der Waals surface area contributed by atoms with Gasteiger partial charge in [0, 0.05) is 43.0 Å². The van der Waals surface area contributed by atoms with Crippen LogP contribution >= 0.6 is 15.9 Å². The van der Waals surface area contributed by atoms with E-state index in [2.05, 4.69) is 30.8 Å². The van der Waals surface area contributed by atoms with Crippen LogP contribution in [0, 0.1) is 5.82 Å². The number of piperazine rings is 1. The van der Waals surface area contributed by atoms with Crippen LogP contribution in [-0.2, 0) is 0 Å². The first kappa shape index (κ1) is 14.1. The molecule has 1 fully saturated rings. The predicted molar refractivity (Wildman–Crippen MR) is 85.0 cm³/mol. The highest BCUT2D eigenvalue weighted by Crippen LogP contribution is 2.24. The molecule has 0 aliphatic carbocycles. The normalized spacial score (nSPS) is 15.3. The van der Waals surface area contributed by atoms with Crippen LogP contribution in [0.25, 0.3) is 0 Å². The fraction of sp³-hybridized carbons (Fsp3) is 0.286. The Kier molecular flexibility index (Phi) is 3.92. The molecular weight excluding hydrogens is 337 g/mol. The van der Waals surface area contributed by atoms with Gasteiger partial charge < -0.3 is 15.5 Å². The SMILES string of the molecule is Nc1cccnc1N1CCN(c2ncc(Br)cc2F)CC1. The second kappa shape index (κ2) is 5.85. The van der Waals surface area contributed by atoms with Crippen molar-refractivity contribution in [2.45, 2.75) is 0 Å². The summed E-state index contributed by atoms with van der Waals surface area (Å²) in [5, 5.41) is 0. The second-order valence-electron chi connectivity index (χ2n) is 4.85. The van der Waals surface area contributed by atoms with Crippen LogP contribution < -0.4 is 15.5 Å². The lowest BCUT2D eigenvalue weighted by molar-refractivity contribution is 0.586. The fourth-order valence-electron chi connectivity index (χ4n) is 2.44. The van der Waals surface area contributed by atoms with Gasteiger partial charge >= 0.3 is 0 Å². The zero-order valence-corrected chi connectivity index (χ0v) is 12.9. The van der Waals surface area contributed by atoms with E-state index in [0.717, 1.165) is 18.9 Å². The lowest BCUT2D eigenvalue weighted by atomic mass is 10.2. The van der Waals surface area contributed by atoms with Gasteiger partial charge in [-0.2, -0.15) is 0 Å². The van der Waals surface area contributed by atoms with Gasteiger partial charge in [0.05, 0.1) is 5.69 Å². The Bertz CT molecular complexity index is 643. The van der Waals surface area contributed by atoms with Crippen LogP contribution in [-0.4, -0.2) is 36.1 Å². The van der Waals surface area contributed by atoms with E-state index in [-0.39, 0.29) is 5.82 Å². The molecule has 2 aromatic heterocycles. The van der Waals surface area contributed by atoms with E-state index >= 15 is 0 Å². The van der Waals surface area contributed by atoms with Crippen molar-refractivity contribution in [1.82, 2.24) is 9.97 Å². The lowest BCUT2D eigenvalue weighted by Gasteiger charge is -2.36. The summed E-state index contributed by atoms with van der Waals surface area (Å²) in [7, 11) is 0. The summed E-state index contributed by atoms with van der Waals surface area (Å²) in [6.07, 6.45) is 3.34. The van der Waals surface area contributed by atoms with Crippen molar-refractivity contribution < 1.29 is 4.39 Å². The molecule has 3 rings (SSSR count). The number of halogens is 2. The van der Waals surface area contributed by atoms with Gasteiger partial charge in [0.15, 0.2) is 17.5 Å². The summed E-state index contributed by atoms with van der Waals surface area (Å²) in [5.41, 5.74) is 6.61. The van der Waals surface area contributed by atoms with Gasteiger partial charge in [-0.05, 0) is 34.1 Å². The Morgan fingerprint density at radius 3 is 2.38 bits per heavy atom. The van der Waals surface area contributed by atoms with Gasteiger partial charge in [-0.3, -0.25) is 0 Å². The number of aromatic nitrogens is 2. The molecular formula is C14H15BrFN5. The molecule has 1 aliphatic heterocycles. The quantitative estimate of drug-likeness (QED) is 0.899. The Balaban J connectivity index is 1.72. The molecule has 7 heteroatoms. The minimum atomic E-state index is -0.310. The highest BCUT2D eigenvalue weighted by Gasteiger charge is 2.22. The molecule has 0 atom stereocenters. The molecule has 2 aromatic rings. The molecule has 0 spiro atoms. The van der Waals surface area contributed by atoms with E-state index < -0.39 is 0 Å². The zero-order valence-electron chi connectivity index (χ0n) is 11.3. The fourth-order valence-corrected chi connectivity index (χ4v) is 2.75. The first-order chi connectivity index (χ1) is 10.1. The van der Waals surface area contributed by atoms with Crippen LogP contribution in [0.2, 0.25) is 0 Å². The third-order valence-electron chi connectivity index (χ3n) is 3.48. The third-order valence-corrected chi connectivity index (χ3v) is 3.92. The smallest absolute Gasteiger partial charge is 0.166 e. The number of anilines is 3. The Hall–Kier alpha value is -1.89. The number of rotatable bonds is 2. The molecule has 110 valence electrons. The molecule has 0 unspecified atom stereocenters. The van der Waals surface area contributed by atoms with Gasteiger partial charge in [-0.25, -0.2) is 14.4 Å². The number of nitrogens with two attached hydrogens (primary N) is 1. The second-order valence-corrected chi connectivity index (χ2v) is 5.76. The van der Waals surface area contributed by atoms with Gasteiger partial charge in [0.2, 0.25) is 0 Å². The number of hydrogen-bond donors (Lipinski definition) is 1. The number of pyridine rings is 2. The van der Waals surface area contributed by atoms with E-state index in [1.165, 1.54) is 6.07 Å². The maximum atomic E-state index is 13.9. The highest BCUT2D eigenvalue weighted by molar-refractivity contribution is 9.10. The van der Waals surface area contributed by atoms with E-state index in [1.54, 1.807) is 12.4 Å². The molecule has 0 radical (unpaired) electrons. The minimum absolute atomic E-state index is 0.310. The maximum absolute atomic E-state index is 13.9. The van der Waals surface area contributed by atoms with Crippen molar-refractivity contribution in [1.29, 1.82) is 0 Å². The Labute approximate surface area is 130 Å². The molecule has 21 heavy (non-hydrogen) atoms. The standard InChI is InChI=1S/C14H15BrFN5/c15-10-8-11(16)13(19-9-10)20-4-6-21(7-5-20)14-12(17)2-1-3-18-14/h1-3,8-9H,4-7,17H2. The van der Waals surface area contributed by atoms with Crippen LogP contribution in [0.4, 0.5) is 21.7 Å². The summed E-state index contributed by atoms with van der Waals surface area (Å²) < 4.78 is 14.6.